The van der Waals surface area contributed by atoms with E-state index >= 15 is 0 Å². The fourth-order valence-corrected chi connectivity index (χ4v) is 3.83. The quantitative estimate of drug-likeness (QED) is 0.354. The summed E-state index contributed by atoms with van der Waals surface area (Å²) in [6, 6.07) is 13.4. The number of halogens is 1. The molecule has 1 aliphatic rings. The number of amidine groups is 1. The number of benzene rings is 2. The fraction of sp³-hybridized carbons (Fsp3) is 0.190. The van der Waals surface area contributed by atoms with Crippen LogP contribution < -0.4 is 14.8 Å². The van der Waals surface area contributed by atoms with Crippen LogP contribution in [-0.4, -0.2) is 36.3 Å². The first-order valence-corrected chi connectivity index (χ1v) is 10.5. The van der Waals surface area contributed by atoms with Crippen LogP contribution in [0.5, 0.6) is 11.5 Å². The lowest BCUT2D eigenvalue weighted by Crippen LogP contribution is -2.25. The molecule has 0 aromatic heterocycles. The number of nitrogens with one attached hydrogen (secondary N) is 1. The predicted molar refractivity (Wildman–Crippen MR) is 121 cm³/mol. The summed E-state index contributed by atoms with van der Waals surface area (Å²) in [4.78, 5) is 12.2. The van der Waals surface area contributed by atoms with Crippen molar-refractivity contribution < 1.29 is 14.3 Å². The molecule has 0 radical (unpaired) electrons. The van der Waals surface area contributed by atoms with Crippen LogP contribution in [0, 0.1) is 0 Å². The Morgan fingerprint density at radius 2 is 2.03 bits per heavy atom. The maximum atomic E-state index is 12.2. The Kier molecular flexibility index (Phi) is 7.48. The summed E-state index contributed by atoms with van der Waals surface area (Å²) in [6.45, 7) is 4.03. The van der Waals surface area contributed by atoms with Gasteiger partial charge in [-0.25, -0.2) is 0 Å². The Morgan fingerprint density at radius 1 is 1.24 bits per heavy atom. The van der Waals surface area contributed by atoms with Crippen molar-refractivity contribution in [2.75, 3.05) is 13.7 Å². The summed E-state index contributed by atoms with van der Waals surface area (Å²) >= 11 is 4.79. The number of rotatable bonds is 8. The Labute approximate surface area is 182 Å². The third-order valence-corrected chi connectivity index (χ3v) is 5.61. The number of hydrogen-bond donors (Lipinski definition) is 1. The summed E-state index contributed by atoms with van der Waals surface area (Å²) in [7, 11) is 1.58. The molecule has 29 heavy (non-hydrogen) atoms. The third-order valence-electron chi connectivity index (χ3n) is 4.01. The van der Waals surface area contributed by atoms with Crippen LogP contribution in [0.1, 0.15) is 11.1 Å². The molecule has 0 aliphatic carbocycles. The Hall–Kier alpha value is -2.58. The largest absolute Gasteiger partial charge is 0.493 e. The fourth-order valence-electron chi connectivity index (χ4n) is 2.60. The normalized spacial score (nSPS) is 17.5. The van der Waals surface area contributed by atoms with E-state index in [-0.39, 0.29) is 11.2 Å². The van der Waals surface area contributed by atoms with Crippen LogP contribution in [0.4, 0.5) is 0 Å². The zero-order valence-corrected chi connectivity index (χ0v) is 18.2. The van der Waals surface area contributed by atoms with Crippen molar-refractivity contribution >= 4 is 45.0 Å². The molecule has 0 bridgehead atoms. The second-order valence-corrected chi connectivity index (χ2v) is 8.19. The van der Waals surface area contributed by atoms with Crippen molar-refractivity contribution in [3.63, 3.8) is 0 Å². The molecule has 0 saturated carbocycles. The molecular formula is C21H20BrN3O3S. The molecule has 0 spiro atoms. The van der Waals surface area contributed by atoms with Gasteiger partial charge in [-0.1, -0.05) is 52.5 Å². The SMILES string of the molecule is C=CCOc1ccc(/C=N/N=C2\NC(=O)C(Cc3ccc(Br)cc3)S2)cc1OC. The minimum absolute atomic E-state index is 0.0581. The lowest BCUT2D eigenvalue weighted by Gasteiger charge is -2.09. The minimum Gasteiger partial charge on any atom is -0.493 e. The predicted octanol–water partition coefficient (Wildman–Crippen LogP) is 4.19. The summed E-state index contributed by atoms with van der Waals surface area (Å²) < 4.78 is 11.9. The zero-order chi connectivity index (χ0) is 20.6. The van der Waals surface area contributed by atoms with E-state index in [1.54, 1.807) is 31.5 Å². The van der Waals surface area contributed by atoms with Gasteiger partial charge in [0.2, 0.25) is 5.91 Å². The second kappa shape index (κ2) is 10.3. The summed E-state index contributed by atoms with van der Waals surface area (Å²) in [5.41, 5.74) is 1.90. The lowest BCUT2D eigenvalue weighted by molar-refractivity contribution is -0.118. The van der Waals surface area contributed by atoms with Gasteiger partial charge in [-0.2, -0.15) is 5.10 Å². The van der Waals surface area contributed by atoms with E-state index in [1.807, 2.05) is 30.3 Å². The minimum atomic E-state index is -0.216. The Balaban J connectivity index is 1.62. The van der Waals surface area contributed by atoms with Crippen molar-refractivity contribution in [3.8, 4) is 11.5 Å². The van der Waals surface area contributed by atoms with E-state index in [1.165, 1.54) is 11.8 Å². The summed E-state index contributed by atoms with van der Waals surface area (Å²) in [5.74, 6) is 1.17. The number of carbonyl (C=O) groups excluding carboxylic acids is 1. The first-order chi connectivity index (χ1) is 14.1. The molecule has 1 atom stereocenters. The highest BCUT2D eigenvalue weighted by Gasteiger charge is 2.30. The topological polar surface area (TPSA) is 72.3 Å². The molecule has 1 saturated heterocycles. The number of methoxy groups -OCH3 is 1. The molecule has 1 amide bonds. The van der Waals surface area contributed by atoms with Crippen molar-refractivity contribution in [3.05, 3.63) is 70.7 Å². The highest BCUT2D eigenvalue weighted by Crippen LogP contribution is 2.28. The molecular weight excluding hydrogens is 454 g/mol. The smallest absolute Gasteiger partial charge is 0.239 e. The molecule has 6 nitrogen and oxygen atoms in total. The first kappa shape index (κ1) is 21.1. The van der Waals surface area contributed by atoms with E-state index in [9.17, 15) is 4.79 Å². The van der Waals surface area contributed by atoms with Gasteiger partial charge in [0.1, 0.15) is 6.61 Å². The summed E-state index contributed by atoms with van der Waals surface area (Å²) in [6.07, 6.45) is 3.90. The average molecular weight is 474 g/mol. The van der Waals surface area contributed by atoms with Crippen LogP contribution in [0.15, 0.2) is 69.8 Å². The van der Waals surface area contributed by atoms with Crippen LogP contribution in [-0.2, 0) is 11.2 Å². The van der Waals surface area contributed by atoms with Gasteiger partial charge in [0.15, 0.2) is 16.7 Å². The molecule has 1 unspecified atom stereocenters. The standard InChI is InChI=1S/C21H20BrN3O3S/c1-3-10-28-17-9-6-15(11-18(17)27-2)13-23-25-21-24-20(26)19(29-21)12-14-4-7-16(22)8-5-14/h3-9,11,13,19H,1,10,12H2,2H3,(H,24,25,26)/b23-13+. The van der Waals surface area contributed by atoms with E-state index in [0.717, 1.165) is 15.6 Å². The van der Waals surface area contributed by atoms with Crippen molar-refractivity contribution in [1.82, 2.24) is 5.32 Å². The molecule has 8 heteroatoms. The summed E-state index contributed by atoms with van der Waals surface area (Å²) in [5, 5.41) is 11.3. The van der Waals surface area contributed by atoms with Gasteiger partial charge in [-0.05, 0) is 47.9 Å². The van der Waals surface area contributed by atoms with E-state index < -0.39 is 0 Å². The molecule has 1 aliphatic heterocycles. The molecule has 2 aromatic rings. The number of ether oxygens (including phenoxy) is 2. The Bertz CT molecular complexity index is 945. The molecule has 150 valence electrons. The third kappa shape index (κ3) is 5.95. The van der Waals surface area contributed by atoms with Crippen molar-refractivity contribution in [1.29, 1.82) is 0 Å². The van der Waals surface area contributed by atoms with Crippen molar-refractivity contribution in [2.45, 2.75) is 11.7 Å². The molecule has 3 rings (SSSR count). The van der Waals surface area contributed by atoms with E-state index in [2.05, 4.69) is 38.0 Å². The average Bonchev–Trinajstić information content (AvgIpc) is 3.07. The Morgan fingerprint density at radius 3 is 2.76 bits per heavy atom. The lowest BCUT2D eigenvalue weighted by atomic mass is 10.1. The second-order valence-electron chi connectivity index (χ2n) is 6.09. The molecule has 1 heterocycles. The number of carbonyl (C=O) groups is 1. The molecule has 1 N–H and O–H groups in total. The van der Waals surface area contributed by atoms with Gasteiger partial charge in [-0.15, -0.1) is 5.10 Å². The van der Waals surface area contributed by atoms with Gasteiger partial charge < -0.3 is 14.8 Å². The van der Waals surface area contributed by atoms with E-state index in [4.69, 9.17) is 9.47 Å². The maximum absolute atomic E-state index is 12.2. The highest BCUT2D eigenvalue weighted by molar-refractivity contribution is 9.10. The van der Waals surface area contributed by atoms with Crippen LogP contribution in [0.3, 0.4) is 0 Å². The van der Waals surface area contributed by atoms with Crippen LogP contribution in [0.25, 0.3) is 0 Å². The van der Waals surface area contributed by atoms with Gasteiger partial charge in [0, 0.05) is 4.47 Å². The zero-order valence-electron chi connectivity index (χ0n) is 15.8. The van der Waals surface area contributed by atoms with Gasteiger partial charge in [0.05, 0.1) is 18.6 Å². The molecule has 2 aromatic carbocycles. The van der Waals surface area contributed by atoms with E-state index in [0.29, 0.717) is 29.7 Å². The van der Waals surface area contributed by atoms with Gasteiger partial charge in [-0.3, -0.25) is 4.79 Å². The number of thioether (sulfide) groups is 1. The number of hydrogen-bond acceptors (Lipinski definition) is 6. The van der Waals surface area contributed by atoms with Crippen LogP contribution >= 0.6 is 27.7 Å². The van der Waals surface area contributed by atoms with Gasteiger partial charge in [0.25, 0.3) is 0 Å². The maximum Gasteiger partial charge on any atom is 0.239 e. The number of nitrogens with zero attached hydrogens (tertiary/aromatic N) is 2. The van der Waals surface area contributed by atoms with Crippen LogP contribution in [0.2, 0.25) is 0 Å². The van der Waals surface area contributed by atoms with Gasteiger partial charge >= 0.3 is 0 Å². The van der Waals surface area contributed by atoms with Crippen molar-refractivity contribution in [2.24, 2.45) is 10.2 Å². The highest BCUT2D eigenvalue weighted by atomic mass is 79.9. The molecule has 1 fully saturated rings. The first-order valence-electron chi connectivity index (χ1n) is 8.83. The monoisotopic (exact) mass is 473 g/mol. The number of amides is 1.